The molecule has 3 rings (SSSR count). The first kappa shape index (κ1) is 17.2. The molecule has 0 radical (unpaired) electrons. The van der Waals surface area contributed by atoms with Gasteiger partial charge in [-0.25, -0.2) is 0 Å². The first-order valence-electron chi connectivity index (χ1n) is 8.60. The largest absolute Gasteiger partial charge is 0.339 e. The Labute approximate surface area is 146 Å². The Hall–Kier alpha value is -2.63. The molecular weight excluding hydrogens is 318 g/mol. The maximum absolute atomic E-state index is 12.9. The van der Waals surface area contributed by atoms with Gasteiger partial charge in [-0.3, -0.25) is 14.4 Å². The van der Waals surface area contributed by atoms with E-state index < -0.39 is 17.5 Å². The van der Waals surface area contributed by atoms with Crippen molar-refractivity contribution in [3.63, 3.8) is 0 Å². The molecule has 0 saturated carbocycles. The van der Waals surface area contributed by atoms with Gasteiger partial charge in [-0.2, -0.15) is 0 Å². The molecule has 1 atom stereocenters. The molecule has 1 unspecified atom stereocenters. The number of rotatable bonds is 3. The van der Waals surface area contributed by atoms with Gasteiger partial charge in [0, 0.05) is 25.2 Å². The van der Waals surface area contributed by atoms with E-state index in [2.05, 4.69) is 18.8 Å². The third-order valence-corrected chi connectivity index (χ3v) is 4.58. The van der Waals surface area contributed by atoms with E-state index in [4.69, 9.17) is 0 Å². The van der Waals surface area contributed by atoms with E-state index in [9.17, 15) is 14.4 Å². The molecule has 1 aliphatic rings. The Balaban J connectivity index is 1.88. The van der Waals surface area contributed by atoms with Gasteiger partial charge in [0.05, 0.1) is 0 Å². The van der Waals surface area contributed by atoms with Crippen molar-refractivity contribution in [3.8, 4) is 0 Å². The number of pyridine rings is 1. The Bertz CT molecular complexity index is 872. The van der Waals surface area contributed by atoms with Gasteiger partial charge in [-0.15, -0.1) is 0 Å². The van der Waals surface area contributed by atoms with Crippen LogP contribution in [0.3, 0.4) is 0 Å². The SMILES string of the molecule is CC(C)CN1CCN(C(=O)c2cc3ccccc3[nH]c2=O)C(C)C1=O. The second kappa shape index (κ2) is 6.70. The molecule has 132 valence electrons. The zero-order chi connectivity index (χ0) is 18.1. The number of nitrogens with one attached hydrogen (secondary N) is 1. The van der Waals surface area contributed by atoms with E-state index in [0.717, 1.165) is 5.39 Å². The minimum absolute atomic E-state index is 0.0643. The van der Waals surface area contributed by atoms with Crippen molar-refractivity contribution in [2.45, 2.75) is 26.8 Å². The number of hydrogen-bond acceptors (Lipinski definition) is 3. The summed E-state index contributed by atoms with van der Waals surface area (Å²) in [6.07, 6.45) is 0. The van der Waals surface area contributed by atoms with Gasteiger partial charge >= 0.3 is 0 Å². The maximum atomic E-state index is 12.9. The highest BCUT2D eigenvalue weighted by molar-refractivity contribution is 6.00. The number of piperazine rings is 1. The summed E-state index contributed by atoms with van der Waals surface area (Å²) in [6.45, 7) is 7.46. The number of H-pyrrole nitrogens is 1. The fourth-order valence-corrected chi connectivity index (χ4v) is 3.29. The van der Waals surface area contributed by atoms with Crippen LogP contribution in [-0.2, 0) is 4.79 Å². The molecule has 1 N–H and O–H groups in total. The molecule has 0 spiro atoms. The summed E-state index contributed by atoms with van der Waals surface area (Å²) in [5, 5.41) is 0.794. The monoisotopic (exact) mass is 341 g/mol. The van der Waals surface area contributed by atoms with Crippen molar-refractivity contribution in [3.05, 3.63) is 46.2 Å². The molecule has 6 nitrogen and oxygen atoms in total. The summed E-state index contributed by atoms with van der Waals surface area (Å²) < 4.78 is 0. The number of nitrogens with zero attached hydrogens (tertiary/aromatic N) is 2. The number of aromatic amines is 1. The summed E-state index contributed by atoms with van der Waals surface area (Å²) >= 11 is 0. The molecule has 6 heteroatoms. The highest BCUT2D eigenvalue weighted by atomic mass is 16.2. The minimum atomic E-state index is -0.564. The van der Waals surface area contributed by atoms with Gasteiger partial charge in [-0.05, 0) is 30.4 Å². The van der Waals surface area contributed by atoms with Crippen LogP contribution in [0.4, 0.5) is 0 Å². The van der Waals surface area contributed by atoms with Crippen molar-refractivity contribution >= 4 is 22.7 Å². The van der Waals surface area contributed by atoms with E-state index in [1.54, 1.807) is 24.0 Å². The molecule has 25 heavy (non-hydrogen) atoms. The van der Waals surface area contributed by atoms with Crippen LogP contribution in [0.25, 0.3) is 10.9 Å². The van der Waals surface area contributed by atoms with E-state index in [0.29, 0.717) is 31.1 Å². The Morgan fingerprint density at radius 2 is 1.96 bits per heavy atom. The van der Waals surface area contributed by atoms with Crippen LogP contribution in [0.2, 0.25) is 0 Å². The van der Waals surface area contributed by atoms with Crippen molar-refractivity contribution in [1.29, 1.82) is 0 Å². The lowest BCUT2D eigenvalue weighted by Gasteiger charge is -2.39. The standard InChI is InChI=1S/C19H23N3O3/c1-12(2)11-21-8-9-22(13(3)18(21)24)19(25)15-10-14-6-4-5-7-16(14)20-17(15)23/h4-7,10,12-13H,8-9,11H2,1-3H3,(H,20,23). The summed E-state index contributed by atoms with van der Waals surface area (Å²) in [5.41, 5.74) is 0.346. The summed E-state index contributed by atoms with van der Waals surface area (Å²) in [4.78, 5) is 43.8. The molecule has 1 fully saturated rings. The third-order valence-electron chi connectivity index (χ3n) is 4.58. The van der Waals surface area contributed by atoms with E-state index >= 15 is 0 Å². The van der Waals surface area contributed by atoms with Crippen molar-refractivity contribution < 1.29 is 9.59 Å². The van der Waals surface area contributed by atoms with Crippen LogP contribution >= 0.6 is 0 Å². The second-order valence-electron chi connectivity index (χ2n) is 6.95. The van der Waals surface area contributed by atoms with Crippen molar-refractivity contribution in [2.75, 3.05) is 19.6 Å². The van der Waals surface area contributed by atoms with E-state index in [1.807, 2.05) is 18.2 Å². The highest BCUT2D eigenvalue weighted by Gasteiger charge is 2.35. The molecule has 1 aromatic heterocycles. The zero-order valence-electron chi connectivity index (χ0n) is 14.8. The average molecular weight is 341 g/mol. The smallest absolute Gasteiger partial charge is 0.261 e. The average Bonchev–Trinajstić information content (AvgIpc) is 2.57. The predicted octanol–water partition coefficient (Wildman–Crippen LogP) is 1.86. The van der Waals surface area contributed by atoms with Gasteiger partial charge < -0.3 is 14.8 Å². The lowest BCUT2D eigenvalue weighted by Crippen LogP contribution is -2.58. The summed E-state index contributed by atoms with van der Waals surface area (Å²) in [7, 11) is 0. The molecule has 1 saturated heterocycles. The van der Waals surface area contributed by atoms with Gasteiger partial charge in [0.15, 0.2) is 0 Å². The second-order valence-corrected chi connectivity index (χ2v) is 6.95. The van der Waals surface area contributed by atoms with Crippen molar-refractivity contribution in [2.24, 2.45) is 5.92 Å². The van der Waals surface area contributed by atoms with Gasteiger partial charge in [0.1, 0.15) is 11.6 Å². The molecule has 0 bridgehead atoms. The summed E-state index contributed by atoms with van der Waals surface area (Å²) in [5.74, 6) is -0.0794. The molecular formula is C19H23N3O3. The van der Waals surface area contributed by atoms with Gasteiger partial charge in [0.25, 0.3) is 11.5 Å². The lowest BCUT2D eigenvalue weighted by atomic mass is 10.1. The van der Waals surface area contributed by atoms with Gasteiger partial charge in [0.2, 0.25) is 5.91 Å². The first-order chi connectivity index (χ1) is 11.9. The Kier molecular flexibility index (Phi) is 4.61. The topological polar surface area (TPSA) is 73.5 Å². The van der Waals surface area contributed by atoms with Crippen LogP contribution in [0.5, 0.6) is 0 Å². The lowest BCUT2D eigenvalue weighted by molar-refractivity contribution is -0.140. The first-order valence-corrected chi connectivity index (χ1v) is 8.60. The summed E-state index contributed by atoms with van der Waals surface area (Å²) in [6, 6.07) is 8.36. The van der Waals surface area contributed by atoms with Crippen LogP contribution in [0.15, 0.2) is 35.1 Å². The third kappa shape index (κ3) is 3.29. The quantitative estimate of drug-likeness (QED) is 0.926. The van der Waals surface area contributed by atoms with Crippen LogP contribution < -0.4 is 5.56 Å². The number of fused-ring (bicyclic) bond motifs is 1. The number of carbonyl (C=O) groups excluding carboxylic acids is 2. The highest BCUT2D eigenvalue weighted by Crippen LogP contribution is 2.17. The number of hydrogen-bond donors (Lipinski definition) is 1. The molecule has 1 aliphatic heterocycles. The minimum Gasteiger partial charge on any atom is -0.339 e. The number of aromatic nitrogens is 1. The van der Waals surface area contributed by atoms with E-state index in [1.165, 1.54) is 4.90 Å². The fourth-order valence-electron chi connectivity index (χ4n) is 3.29. The Morgan fingerprint density at radius 3 is 2.68 bits per heavy atom. The van der Waals surface area contributed by atoms with Crippen LogP contribution in [0.1, 0.15) is 31.1 Å². The molecule has 2 aromatic rings. The molecule has 2 heterocycles. The number of carbonyl (C=O) groups is 2. The number of benzene rings is 1. The molecule has 0 aliphatic carbocycles. The van der Waals surface area contributed by atoms with Gasteiger partial charge in [-0.1, -0.05) is 32.0 Å². The molecule has 1 aromatic carbocycles. The van der Waals surface area contributed by atoms with Crippen LogP contribution in [0, 0.1) is 5.92 Å². The maximum Gasteiger partial charge on any atom is 0.261 e. The zero-order valence-corrected chi connectivity index (χ0v) is 14.8. The fraction of sp³-hybridized carbons (Fsp3) is 0.421. The predicted molar refractivity (Wildman–Crippen MR) is 96.5 cm³/mol. The van der Waals surface area contributed by atoms with E-state index in [-0.39, 0.29) is 11.5 Å². The normalized spacial score (nSPS) is 18.2. The number of para-hydroxylation sites is 1. The van der Waals surface area contributed by atoms with Crippen LogP contribution in [-0.4, -0.2) is 52.3 Å². The Morgan fingerprint density at radius 1 is 1.24 bits per heavy atom. The molecule has 2 amide bonds. The van der Waals surface area contributed by atoms with Crippen molar-refractivity contribution in [1.82, 2.24) is 14.8 Å². The number of amides is 2.